The Balaban J connectivity index is 1.99. The van der Waals surface area contributed by atoms with E-state index >= 15 is 0 Å². The molecular weight excluding hydrogens is 250 g/mol. The molecule has 0 bridgehead atoms. The molecule has 0 radical (unpaired) electrons. The van der Waals surface area contributed by atoms with E-state index in [0.717, 1.165) is 12.8 Å². The first-order chi connectivity index (χ1) is 8.54. The molecule has 2 atom stereocenters. The quantitative estimate of drug-likeness (QED) is 0.767. The van der Waals surface area contributed by atoms with Crippen LogP contribution >= 0.6 is 11.6 Å². The first kappa shape index (κ1) is 13.3. The fraction of sp³-hybridized carbons (Fsp3) is 0.571. The van der Waals surface area contributed by atoms with Crippen molar-refractivity contribution < 1.29 is 9.53 Å². The number of nitrogens with zero attached hydrogens (tertiary/aromatic N) is 1. The molecule has 3 nitrogen and oxygen atoms in total. The topological polar surface area (TPSA) is 39.2 Å². The van der Waals surface area contributed by atoms with Gasteiger partial charge in [0.05, 0.1) is 0 Å². The molecule has 1 heterocycles. The lowest BCUT2D eigenvalue weighted by molar-refractivity contribution is 0.00745. The number of rotatable bonds is 2. The van der Waals surface area contributed by atoms with Gasteiger partial charge in [0, 0.05) is 11.2 Å². The lowest BCUT2D eigenvalue weighted by Gasteiger charge is -2.30. The Hall–Kier alpha value is -1.09. The maximum absolute atomic E-state index is 11.9. The molecule has 1 aliphatic rings. The highest BCUT2D eigenvalue weighted by Crippen LogP contribution is 2.30. The van der Waals surface area contributed by atoms with E-state index in [2.05, 4.69) is 18.8 Å². The van der Waals surface area contributed by atoms with Crippen LogP contribution in [0.5, 0.6) is 0 Å². The van der Waals surface area contributed by atoms with Gasteiger partial charge in [0.2, 0.25) is 0 Å². The summed E-state index contributed by atoms with van der Waals surface area (Å²) in [4.78, 5) is 15.9. The summed E-state index contributed by atoms with van der Waals surface area (Å²) in [5, 5.41) is 0.502. The average Bonchev–Trinajstić information content (AvgIpc) is 2.27. The van der Waals surface area contributed by atoms with E-state index in [1.54, 1.807) is 12.1 Å². The van der Waals surface area contributed by atoms with Gasteiger partial charge in [-0.05, 0) is 43.2 Å². The number of esters is 1. The maximum Gasteiger partial charge on any atom is 0.357 e. The van der Waals surface area contributed by atoms with Crippen molar-refractivity contribution in [2.24, 2.45) is 11.8 Å². The summed E-state index contributed by atoms with van der Waals surface area (Å²) in [6.07, 6.45) is 4.62. The Morgan fingerprint density at radius 2 is 2.00 bits per heavy atom. The van der Waals surface area contributed by atoms with Gasteiger partial charge in [0.15, 0.2) is 0 Å². The van der Waals surface area contributed by atoms with Crippen LogP contribution in [0.2, 0.25) is 5.02 Å². The third-order valence-electron chi connectivity index (χ3n) is 3.34. The van der Waals surface area contributed by atoms with Gasteiger partial charge in [-0.1, -0.05) is 25.4 Å². The standard InChI is InChI=1S/C14H18ClNO2/c1-9-5-10(2)7-12(6-9)18-14(17)13-8-11(15)3-4-16-13/h3-4,8-10,12H,5-7H2,1-2H3. The van der Waals surface area contributed by atoms with Crippen LogP contribution < -0.4 is 0 Å². The Kier molecular flexibility index (Phi) is 4.23. The molecule has 1 fully saturated rings. The van der Waals surface area contributed by atoms with Crippen LogP contribution in [0.3, 0.4) is 0 Å². The zero-order valence-corrected chi connectivity index (χ0v) is 11.5. The van der Waals surface area contributed by atoms with Crippen LogP contribution in [0.25, 0.3) is 0 Å². The molecule has 0 aliphatic heterocycles. The Morgan fingerprint density at radius 3 is 2.61 bits per heavy atom. The van der Waals surface area contributed by atoms with E-state index in [4.69, 9.17) is 16.3 Å². The van der Waals surface area contributed by atoms with E-state index in [1.165, 1.54) is 12.6 Å². The number of hydrogen-bond acceptors (Lipinski definition) is 3. The van der Waals surface area contributed by atoms with Gasteiger partial charge in [-0.3, -0.25) is 0 Å². The van der Waals surface area contributed by atoms with Crippen LogP contribution in [-0.4, -0.2) is 17.1 Å². The van der Waals surface area contributed by atoms with Crippen molar-refractivity contribution in [3.8, 4) is 0 Å². The zero-order valence-electron chi connectivity index (χ0n) is 10.7. The molecule has 1 aromatic rings. The molecule has 2 unspecified atom stereocenters. The fourth-order valence-electron chi connectivity index (χ4n) is 2.70. The first-order valence-electron chi connectivity index (χ1n) is 6.37. The van der Waals surface area contributed by atoms with Gasteiger partial charge in [-0.25, -0.2) is 9.78 Å². The number of halogens is 1. The van der Waals surface area contributed by atoms with Gasteiger partial charge >= 0.3 is 5.97 Å². The van der Waals surface area contributed by atoms with Gasteiger partial charge in [-0.15, -0.1) is 0 Å². The highest BCUT2D eigenvalue weighted by Gasteiger charge is 2.27. The van der Waals surface area contributed by atoms with Crippen LogP contribution in [0, 0.1) is 11.8 Å². The molecule has 1 saturated carbocycles. The van der Waals surface area contributed by atoms with E-state index in [0.29, 0.717) is 16.9 Å². The number of aromatic nitrogens is 1. The van der Waals surface area contributed by atoms with Crippen LogP contribution in [0.4, 0.5) is 0 Å². The summed E-state index contributed by atoms with van der Waals surface area (Å²) < 4.78 is 5.51. The fourth-order valence-corrected chi connectivity index (χ4v) is 2.86. The van der Waals surface area contributed by atoms with Gasteiger partial charge in [-0.2, -0.15) is 0 Å². The Labute approximate surface area is 113 Å². The smallest absolute Gasteiger partial charge is 0.357 e. The highest BCUT2D eigenvalue weighted by molar-refractivity contribution is 6.30. The largest absolute Gasteiger partial charge is 0.458 e. The zero-order chi connectivity index (χ0) is 13.1. The number of hydrogen-bond donors (Lipinski definition) is 0. The second-order valence-electron chi connectivity index (χ2n) is 5.30. The van der Waals surface area contributed by atoms with Crippen molar-refractivity contribution in [3.05, 3.63) is 29.0 Å². The van der Waals surface area contributed by atoms with E-state index in [9.17, 15) is 4.79 Å². The molecule has 1 aliphatic carbocycles. The second kappa shape index (κ2) is 5.70. The summed E-state index contributed by atoms with van der Waals surface area (Å²) in [6, 6.07) is 3.18. The van der Waals surface area contributed by atoms with Crippen molar-refractivity contribution in [3.63, 3.8) is 0 Å². The minimum atomic E-state index is -0.371. The van der Waals surface area contributed by atoms with Crippen molar-refractivity contribution in [1.82, 2.24) is 4.98 Å². The van der Waals surface area contributed by atoms with Gasteiger partial charge < -0.3 is 4.74 Å². The minimum Gasteiger partial charge on any atom is -0.458 e. The summed E-state index contributed by atoms with van der Waals surface area (Å²) in [7, 11) is 0. The molecule has 0 aromatic carbocycles. The predicted molar refractivity (Wildman–Crippen MR) is 70.6 cm³/mol. The number of ether oxygens (including phenoxy) is 1. The summed E-state index contributed by atoms with van der Waals surface area (Å²) in [5.41, 5.74) is 0.286. The molecular formula is C14H18ClNO2. The average molecular weight is 268 g/mol. The van der Waals surface area contributed by atoms with E-state index in [-0.39, 0.29) is 17.8 Å². The second-order valence-corrected chi connectivity index (χ2v) is 5.74. The van der Waals surface area contributed by atoms with Gasteiger partial charge in [0.25, 0.3) is 0 Å². The third-order valence-corrected chi connectivity index (χ3v) is 3.58. The SMILES string of the molecule is CC1CC(C)CC(OC(=O)c2cc(Cl)ccn2)C1. The lowest BCUT2D eigenvalue weighted by atomic mass is 9.82. The Morgan fingerprint density at radius 1 is 1.33 bits per heavy atom. The maximum atomic E-state index is 11.9. The van der Waals surface area contributed by atoms with Crippen molar-refractivity contribution in [2.45, 2.75) is 39.2 Å². The van der Waals surface area contributed by atoms with Crippen LogP contribution in [-0.2, 0) is 4.74 Å². The van der Waals surface area contributed by atoms with Crippen LogP contribution in [0.1, 0.15) is 43.6 Å². The van der Waals surface area contributed by atoms with E-state index < -0.39 is 0 Å². The lowest BCUT2D eigenvalue weighted by Crippen LogP contribution is -2.28. The van der Waals surface area contributed by atoms with Gasteiger partial charge in [0.1, 0.15) is 11.8 Å². The minimum absolute atomic E-state index is 0.0111. The summed E-state index contributed by atoms with van der Waals surface area (Å²) in [5.74, 6) is 0.849. The highest BCUT2D eigenvalue weighted by atomic mass is 35.5. The van der Waals surface area contributed by atoms with Crippen molar-refractivity contribution >= 4 is 17.6 Å². The Bertz CT molecular complexity index is 426. The molecule has 0 saturated heterocycles. The normalized spacial score (nSPS) is 27.8. The summed E-state index contributed by atoms with van der Waals surface area (Å²) in [6.45, 7) is 4.41. The molecule has 1 aromatic heterocycles. The molecule has 98 valence electrons. The molecule has 2 rings (SSSR count). The number of carbonyl (C=O) groups is 1. The number of pyridine rings is 1. The number of carbonyl (C=O) groups excluding carboxylic acids is 1. The molecule has 0 spiro atoms. The predicted octanol–water partition coefficient (Wildman–Crippen LogP) is 3.72. The van der Waals surface area contributed by atoms with Crippen molar-refractivity contribution in [1.29, 1.82) is 0 Å². The molecule has 0 N–H and O–H groups in total. The summed E-state index contributed by atoms with van der Waals surface area (Å²) >= 11 is 5.83. The molecule has 4 heteroatoms. The molecule has 18 heavy (non-hydrogen) atoms. The monoisotopic (exact) mass is 267 g/mol. The third kappa shape index (κ3) is 3.45. The van der Waals surface area contributed by atoms with E-state index in [1.807, 2.05) is 0 Å². The first-order valence-corrected chi connectivity index (χ1v) is 6.75. The molecule has 0 amide bonds. The van der Waals surface area contributed by atoms with Crippen molar-refractivity contribution in [2.75, 3.05) is 0 Å². The van der Waals surface area contributed by atoms with Crippen LogP contribution in [0.15, 0.2) is 18.3 Å².